The zero-order valence-corrected chi connectivity index (χ0v) is 28.1. The van der Waals surface area contributed by atoms with E-state index < -0.39 is 26.6 Å². The Morgan fingerprint density at radius 2 is 1.85 bits per heavy atom. The van der Waals surface area contributed by atoms with E-state index in [1.165, 1.54) is 17.9 Å². The molecule has 1 aromatic heterocycles. The predicted octanol–water partition coefficient (Wildman–Crippen LogP) is 5.22. The third-order valence-corrected chi connectivity index (χ3v) is 10.3. The van der Waals surface area contributed by atoms with Crippen LogP contribution in [0, 0.1) is 0 Å². The fourth-order valence-corrected chi connectivity index (χ4v) is 5.27. The molecule has 0 spiro atoms. The second-order valence-electron chi connectivity index (χ2n) is 11.9. The van der Waals surface area contributed by atoms with Crippen molar-refractivity contribution in [3.8, 4) is 23.0 Å². The molecule has 2 heterocycles. The molecule has 13 heteroatoms. The van der Waals surface area contributed by atoms with Gasteiger partial charge in [-0.1, -0.05) is 39.1 Å². The number of nitrogens with zero attached hydrogens (tertiary/aromatic N) is 2. The van der Waals surface area contributed by atoms with E-state index in [1.54, 1.807) is 36.5 Å². The van der Waals surface area contributed by atoms with Gasteiger partial charge in [-0.25, -0.2) is 14.6 Å². The first-order chi connectivity index (χ1) is 21.9. The van der Waals surface area contributed by atoms with Gasteiger partial charge < -0.3 is 38.7 Å². The molecule has 248 valence electrons. The number of methoxy groups -OCH3 is 1. The Morgan fingerprint density at radius 1 is 1.09 bits per heavy atom. The molecule has 0 radical (unpaired) electrons. The van der Waals surface area contributed by atoms with Crippen LogP contribution >= 0.6 is 0 Å². The summed E-state index contributed by atoms with van der Waals surface area (Å²) in [5.74, 6) is -0.188. The Hall–Kier alpha value is -4.49. The molecule has 2 aromatic carbocycles. The number of benzene rings is 2. The minimum Gasteiger partial charge on any atom is -0.497 e. The molecule has 0 bridgehead atoms. The van der Waals surface area contributed by atoms with E-state index in [4.69, 9.17) is 28.5 Å². The van der Waals surface area contributed by atoms with Gasteiger partial charge in [0.2, 0.25) is 13.6 Å². The molecule has 3 aromatic rings. The average molecular weight is 655 g/mol. The van der Waals surface area contributed by atoms with Gasteiger partial charge in [-0.2, -0.15) is 4.73 Å². The largest absolute Gasteiger partial charge is 0.497 e. The number of aryl methyl sites for hydroxylation is 1. The third-order valence-electron chi connectivity index (χ3n) is 7.71. The smallest absolute Gasteiger partial charge is 0.341 e. The quantitative estimate of drug-likeness (QED) is 0.112. The van der Waals surface area contributed by atoms with Crippen molar-refractivity contribution in [1.29, 1.82) is 0 Å². The summed E-state index contributed by atoms with van der Waals surface area (Å²) in [4.78, 5) is 35.6. The minimum absolute atomic E-state index is 0.00705. The topological polar surface area (TPSA) is 148 Å². The van der Waals surface area contributed by atoms with E-state index >= 15 is 0 Å². The van der Waals surface area contributed by atoms with Crippen LogP contribution in [0.15, 0.2) is 48.2 Å². The number of carboxylic acid groups (broad SMARTS) is 2. The maximum Gasteiger partial charge on any atom is 0.341 e. The molecule has 1 atom stereocenters. The van der Waals surface area contributed by atoms with Gasteiger partial charge in [-0.3, -0.25) is 0 Å². The molecule has 4 rings (SSSR count). The van der Waals surface area contributed by atoms with Crippen LogP contribution in [0.1, 0.15) is 49.3 Å². The monoisotopic (exact) mass is 654 g/mol. The molecule has 0 saturated heterocycles. The van der Waals surface area contributed by atoms with Crippen molar-refractivity contribution in [2.75, 3.05) is 27.3 Å². The van der Waals surface area contributed by atoms with Crippen molar-refractivity contribution in [1.82, 2.24) is 9.71 Å². The van der Waals surface area contributed by atoms with Crippen molar-refractivity contribution in [2.24, 2.45) is 0 Å². The van der Waals surface area contributed by atoms with Gasteiger partial charge in [0.1, 0.15) is 23.0 Å². The van der Waals surface area contributed by atoms with Gasteiger partial charge in [0.15, 0.2) is 18.1 Å². The lowest BCUT2D eigenvalue weighted by molar-refractivity contribution is -0.139. The highest BCUT2D eigenvalue weighted by atomic mass is 28.3. The predicted molar refractivity (Wildman–Crippen MR) is 172 cm³/mol. The van der Waals surface area contributed by atoms with Crippen LogP contribution < -0.4 is 23.8 Å². The molecule has 2 N–H and O–H groups in total. The highest BCUT2D eigenvalue weighted by Crippen LogP contribution is 2.39. The Labute approximate surface area is 269 Å². The molecule has 0 saturated carbocycles. The summed E-state index contributed by atoms with van der Waals surface area (Å²) < 4.78 is 29.7. The lowest BCUT2D eigenvalue weighted by Gasteiger charge is -2.26. The molecular weight excluding hydrogens is 612 g/mol. The summed E-state index contributed by atoms with van der Waals surface area (Å²) in [5, 5.41) is 20.2. The Kier molecular flexibility index (Phi) is 11.4. The van der Waals surface area contributed by atoms with E-state index in [0.29, 0.717) is 46.3 Å². The number of aromatic nitrogens is 2. The van der Waals surface area contributed by atoms with E-state index in [2.05, 4.69) is 31.5 Å². The third kappa shape index (κ3) is 8.40. The van der Waals surface area contributed by atoms with Gasteiger partial charge >= 0.3 is 11.9 Å². The number of carboxylic acids is 2. The van der Waals surface area contributed by atoms with Crippen molar-refractivity contribution < 1.29 is 48.3 Å². The molecule has 0 aliphatic carbocycles. The molecule has 0 amide bonds. The summed E-state index contributed by atoms with van der Waals surface area (Å²) in [6.07, 6.45) is 3.84. The highest BCUT2D eigenvalue weighted by Gasteiger charge is 2.28. The first-order valence-electron chi connectivity index (χ1n) is 15.1. The number of imidazole rings is 1. The fourth-order valence-electron chi connectivity index (χ4n) is 4.70. The maximum absolute atomic E-state index is 13.2. The number of fused-ring (bicyclic) bond motifs is 1. The van der Waals surface area contributed by atoms with Crippen LogP contribution in [-0.4, -0.2) is 73.0 Å². The van der Waals surface area contributed by atoms with E-state index in [-0.39, 0.29) is 42.6 Å². The van der Waals surface area contributed by atoms with Crippen molar-refractivity contribution in [3.05, 3.63) is 70.8 Å². The Balaban J connectivity index is 1.93. The van der Waals surface area contributed by atoms with Gasteiger partial charge in [0.25, 0.3) is 0 Å². The Morgan fingerprint density at radius 3 is 2.52 bits per heavy atom. The normalized spacial score (nSPS) is 13.6. The Bertz CT molecular complexity index is 1580. The van der Waals surface area contributed by atoms with E-state index in [1.807, 2.05) is 6.92 Å². The second-order valence-corrected chi connectivity index (χ2v) is 17.5. The lowest BCUT2D eigenvalue weighted by Crippen LogP contribution is -2.39. The van der Waals surface area contributed by atoms with Crippen LogP contribution in [-0.2, 0) is 27.2 Å². The SMILES string of the molecule is CCCCc1ncc(/C(=C(\Cc2ccc3c(c2)OCO3)C(=O)O)c2ccc(OC)cc2OCC(=O)O)n1OCOC(C)[Si](C)(C)C. The van der Waals surface area contributed by atoms with Gasteiger partial charge in [-0.05, 0) is 43.2 Å². The van der Waals surface area contributed by atoms with E-state index in [0.717, 1.165) is 12.8 Å². The number of ether oxygens (including phenoxy) is 5. The van der Waals surface area contributed by atoms with Crippen molar-refractivity contribution >= 4 is 25.6 Å². The maximum atomic E-state index is 13.2. The second kappa shape index (κ2) is 15.2. The van der Waals surface area contributed by atoms with Crippen LogP contribution in [0.3, 0.4) is 0 Å². The van der Waals surface area contributed by atoms with Crippen molar-refractivity contribution in [2.45, 2.75) is 64.9 Å². The first-order valence-corrected chi connectivity index (χ1v) is 18.7. The van der Waals surface area contributed by atoms with E-state index in [9.17, 15) is 19.8 Å². The summed E-state index contributed by atoms with van der Waals surface area (Å²) >= 11 is 0. The van der Waals surface area contributed by atoms with Crippen molar-refractivity contribution in [3.63, 3.8) is 0 Å². The zero-order valence-electron chi connectivity index (χ0n) is 27.1. The zero-order chi connectivity index (χ0) is 33.4. The summed E-state index contributed by atoms with van der Waals surface area (Å²) in [6.45, 7) is 10.0. The number of carbonyl (C=O) groups is 2. The summed E-state index contributed by atoms with van der Waals surface area (Å²) in [7, 11) is -0.162. The standard InChI is InChI=1S/C33H42N2O10Si/c1-7-8-9-30-34-17-26(35(30)45-20-42-21(2)46(4,5)6)32(24-12-11-23(40-3)16-28(24)41-18-31(36)37)25(33(38)39)14-22-10-13-27-29(15-22)44-19-43-27/h10-13,15-17,21H,7-9,14,18-20H2,1-6H3,(H,36,37)(H,38,39)/b32-25+. The van der Waals surface area contributed by atoms with Crippen LogP contribution in [0.5, 0.6) is 23.0 Å². The summed E-state index contributed by atoms with van der Waals surface area (Å²) in [5.41, 5.74) is 1.55. The molecule has 1 aliphatic heterocycles. The fraction of sp³-hybridized carbons (Fsp3) is 0.424. The lowest BCUT2D eigenvalue weighted by atomic mass is 9.92. The van der Waals surface area contributed by atoms with Crippen LogP contribution in [0.25, 0.3) is 5.57 Å². The first kappa shape index (κ1) is 34.4. The molecule has 1 aliphatic rings. The van der Waals surface area contributed by atoms with Crippen LogP contribution in [0.2, 0.25) is 19.6 Å². The molecule has 12 nitrogen and oxygen atoms in total. The average Bonchev–Trinajstić information content (AvgIpc) is 3.65. The molecular formula is C33H42N2O10Si. The van der Waals surface area contributed by atoms with Crippen LogP contribution in [0.4, 0.5) is 0 Å². The van der Waals surface area contributed by atoms with Gasteiger partial charge in [0, 0.05) is 35.8 Å². The highest BCUT2D eigenvalue weighted by molar-refractivity contribution is 6.77. The number of aliphatic carboxylic acids is 2. The number of hydrogen-bond donors (Lipinski definition) is 2. The molecule has 1 unspecified atom stereocenters. The van der Waals surface area contributed by atoms with Gasteiger partial charge in [-0.15, -0.1) is 0 Å². The number of hydrogen-bond acceptors (Lipinski definition) is 9. The summed E-state index contributed by atoms with van der Waals surface area (Å²) in [6, 6.07) is 10.1. The minimum atomic E-state index is -1.63. The molecule has 0 fully saturated rings. The number of unbranched alkanes of at least 4 members (excludes halogenated alkanes) is 1. The van der Waals surface area contributed by atoms with Gasteiger partial charge in [0.05, 0.1) is 27.0 Å². The molecule has 46 heavy (non-hydrogen) atoms. The number of rotatable bonds is 17.